The van der Waals surface area contributed by atoms with Gasteiger partial charge < -0.3 is 20.1 Å². The van der Waals surface area contributed by atoms with Crippen LogP contribution in [0, 0.1) is 11.3 Å². The second-order valence-corrected chi connectivity index (χ2v) is 10.5. The molecule has 1 unspecified atom stereocenters. The summed E-state index contributed by atoms with van der Waals surface area (Å²) in [5.74, 6) is 0.162. The van der Waals surface area contributed by atoms with Crippen LogP contribution in [0.4, 0.5) is 13.2 Å². The molecule has 2 aromatic rings. The van der Waals surface area contributed by atoms with E-state index in [1.54, 1.807) is 4.90 Å². The third kappa shape index (κ3) is 4.08. The number of imidazole rings is 1. The molecule has 1 saturated carbocycles. The van der Waals surface area contributed by atoms with Gasteiger partial charge in [-0.2, -0.15) is 13.2 Å². The van der Waals surface area contributed by atoms with E-state index < -0.39 is 29.1 Å². The highest BCUT2D eigenvalue weighted by Crippen LogP contribution is 2.49. The second-order valence-electron chi connectivity index (χ2n) is 10.5. The van der Waals surface area contributed by atoms with Crippen LogP contribution >= 0.6 is 0 Å². The fraction of sp³-hybridized carbons (Fsp3) is 0.708. The Hall–Kier alpha value is -1.88. The Labute approximate surface area is 196 Å². The number of H-pyrrole nitrogens is 1. The minimum atomic E-state index is -4.52. The van der Waals surface area contributed by atoms with Crippen molar-refractivity contribution >= 4 is 11.0 Å². The van der Waals surface area contributed by atoms with E-state index in [1.807, 2.05) is 0 Å². The van der Waals surface area contributed by atoms with Gasteiger partial charge in [-0.3, -0.25) is 9.47 Å². The number of benzene rings is 1. The van der Waals surface area contributed by atoms with Gasteiger partial charge in [0.1, 0.15) is 6.23 Å². The Morgan fingerprint density at radius 2 is 1.94 bits per heavy atom. The standard InChI is InChI=1S/C24H33F3N4O3/c1-14(2)23(6-3-18(11-23)28-17-4-7-34-8-5-17)21(32)30-12-15-9-16(24(25,26)27)10-19-20(15)31(13-30)22(33)29-19/h9-10,14,17-18,21,28,32H,3-8,11-13H2,1-2H3,(H,29,33)/t18-,21?,23+/m1/s1. The van der Waals surface area contributed by atoms with Gasteiger partial charge in [0.25, 0.3) is 0 Å². The molecule has 10 heteroatoms. The summed E-state index contributed by atoms with van der Waals surface area (Å²) in [6, 6.07) is 2.78. The number of alkyl halides is 3. The Kier molecular flexibility index (Phi) is 6.07. The summed E-state index contributed by atoms with van der Waals surface area (Å²) >= 11 is 0. The number of aromatic amines is 1. The maximum Gasteiger partial charge on any atom is 0.416 e. The summed E-state index contributed by atoms with van der Waals surface area (Å²) in [6.07, 6.45) is -0.909. The summed E-state index contributed by atoms with van der Waals surface area (Å²) in [4.78, 5) is 16.9. The molecule has 2 aliphatic heterocycles. The van der Waals surface area contributed by atoms with Gasteiger partial charge >= 0.3 is 11.9 Å². The Bertz CT molecular complexity index is 1110. The van der Waals surface area contributed by atoms with Crippen LogP contribution in [0.5, 0.6) is 0 Å². The molecule has 0 bridgehead atoms. The van der Waals surface area contributed by atoms with Gasteiger partial charge in [-0.25, -0.2) is 4.79 Å². The first kappa shape index (κ1) is 23.8. The molecule has 3 aliphatic rings. The molecule has 1 saturated heterocycles. The molecule has 3 N–H and O–H groups in total. The summed E-state index contributed by atoms with van der Waals surface area (Å²) in [5.41, 5.74) is -0.588. The number of nitrogens with zero attached hydrogens (tertiary/aromatic N) is 2. The van der Waals surface area contributed by atoms with Gasteiger partial charge in [0.15, 0.2) is 0 Å². The van der Waals surface area contributed by atoms with Crippen LogP contribution in [0.15, 0.2) is 16.9 Å². The molecule has 0 amide bonds. The van der Waals surface area contributed by atoms with Crippen molar-refractivity contribution < 1.29 is 23.0 Å². The highest BCUT2D eigenvalue weighted by molar-refractivity contribution is 5.80. The van der Waals surface area contributed by atoms with Crippen LogP contribution < -0.4 is 11.0 Å². The molecule has 0 spiro atoms. The lowest BCUT2D eigenvalue weighted by atomic mass is 9.73. The van der Waals surface area contributed by atoms with E-state index in [2.05, 4.69) is 24.1 Å². The van der Waals surface area contributed by atoms with Gasteiger partial charge in [-0.1, -0.05) is 13.8 Å². The molecule has 7 nitrogen and oxygen atoms in total. The van der Waals surface area contributed by atoms with E-state index >= 15 is 0 Å². The van der Waals surface area contributed by atoms with Gasteiger partial charge in [0, 0.05) is 37.3 Å². The van der Waals surface area contributed by atoms with Crippen molar-refractivity contribution in [1.29, 1.82) is 0 Å². The molecular weight excluding hydrogens is 449 g/mol. The summed E-state index contributed by atoms with van der Waals surface area (Å²) in [5, 5.41) is 15.4. The fourth-order valence-electron chi connectivity index (χ4n) is 6.29. The topological polar surface area (TPSA) is 82.5 Å². The number of halogens is 3. The van der Waals surface area contributed by atoms with Crippen LogP contribution in [-0.2, 0) is 24.1 Å². The maximum atomic E-state index is 13.5. The third-order valence-electron chi connectivity index (χ3n) is 8.26. The van der Waals surface area contributed by atoms with E-state index in [0.717, 1.165) is 57.5 Å². The van der Waals surface area contributed by atoms with Crippen LogP contribution in [0.1, 0.15) is 57.1 Å². The third-order valence-corrected chi connectivity index (χ3v) is 8.26. The normalized spacial score (nSPS) is 27.7. The van der Waals surface area contributed by atoms with E-state index in [1.165, 1.54) is 4.57 Å². The first-order valence-electron chi connectivity index (χ1n) is 12.2. The fourth-order valence-corrected chi connectivity index (χ4v) is 6.29. The largest absolute Gasteiger partial charge is 0.416 e. The van der Waals surface area contributed by atoms with E-state index in [9.17, 15) is 23.1 Å². The van der Waals surface area contributed by atoms with Crippen LogP contribution in [-0.4, -0.2) is 51.1 Å². The number of rotatable bonds is 5. The van der Waals surface area contributed by atoms with Crippen LogP contribution in [0.2, 0.25) is 0 Å². The molecule has 2 fully saturated rings. The van der Waals surface area contributed by atoms with Crippen LogP contribution in [0.3, 0.4) is 0 Å². The Morgan fingerprint density at radius 3 is 2.62 bits per heavy atom. The minimum Gasteiger partial charge on any atom is -0.381 e. The molecule has 1 aromatic heterocycles. The van der Waals surface area contributed by atoms with Crippen molar-refractivity contribution in [3.8, 4) is 0 Å². The number of nitrogens with one attached hydrogen (secondary N) is 2. The smallest absolute Gasteiger partial charge is 0.381 e. The predicted molar refractivity (Wildman–Crippen MR) is 121 cm³/mol. The lowest BCUT2D eigenvalue weighted by Gasteiger charge is -2.45. The highest BCUT2D eigenvalue weighted by Gasteiger charge is 2.50. The minimum absolute atomic E-state index is 0.144. The number of aromatic nitrogens is 2. The molecule has 0 radical (unpaired) electrons. The predicted octanol–water partition coefficient (Wildman–Crippen LogP) is 3.40. The molecule has 1 aliphatic carbocycles. The number of ether oxygens (including phenoxy) is 1. The number of hydrogen-bond donors (Lipinski definition) is 3. The molecule has 3 atom stereocenters. The maximum absolute atomic E-state index is 13.5. The summed E-state index contributed by atoms with van der Waals surface area (Å²) in [7, 11) is 0. The monoisotopic (exact) mass is 482 g/mol. The SMILES string of the molecule is CC(C)[C@]1(C(O)N2Cc3cc(C(F)(F)F)cc4[nH]c(=O)n(c34)C2)CC[C@@H](NC2CCOCC2)C1. The summed E-state index contributed by atoms with van der Waals surface area (Å²) < 4.78 is 47.4. The molecule has 34 heavy (non-hydrogen) atoms. The Balaban J connectivity index is 1.41. The lowest BCUT2D eigenvalue weighted by molar-refractivity contribution is -0.138. The zero-order valence-electron chi connectivity index (χ0n) is 19.6. The van der Waals surface area contributed by atoms with Crippen LogP contribution in [0.25, 0.3) is 11.0 Å². The highest BCUT2D eigenvalue weighted by atomic mass is 19.4. The first-order chi connectivity index (χ1) is 16.1. The number of aliphatic hydroxyl groups is 1. The van der Waals surface area contributed by atoms with Gasteiger partial charge in [-0.15, -0.1) is 0 Å². The number of hydrogen-bond acceptors (Lipinski definition) is 5. The quantitative estimate of drug-likeness (QED) is 0.609. The van der Waals surface area contributed by atoms with Crippen molar-refractivity contribution in [2.75, 3.05) is 13.2 Å². The Morgan fingerprint density at radius 1 is 1.21 bits per heavy atom. The first-order valence-corrected chi connectivity index (χ1v) is 12.2. The van der Waals surface area contributed by atoms with Gasteiger partial charge in [0.05, 0.1) is 23.3 Å². The average Bonchev–Trinajstić information content (AvgIpc) is 3.36. The zero-order chi connectivity index (χ0) is 24.3. The van der Waals surface area contributed by atoms with Crippen molar-refractivity contribution in [3.05, 3.63) is 33.7 Å². The lowest BCUT2D eigenvalue weighted by Crippen LogP contribution is -2.52. The molecule has 3 heterocycles. The average molecular weight is 483 g/mol. The van der Waals surface area contributed by atoms with E-state index in [0.29, 0.717) is 17.1 Å². The summed E-state index contributed by atoms with van der Waals surface area (Å²) in [6.45, 7) is 6.02. The molecular formula is C24H33F3N4O3. The van der Waals surface area contributed by atoms with Crippen molar-refractivity contribution in [2.45, 2.75) is 83.7 Å². The van der Waals surface area contributed by atoms with Crippen molar-refractivity contribution in [1.82, 2.24) is 19.8 Å². The van der Waals surface area contributed by atoms with E-state index in [-0.39, 0.29) is 30.7 Å². The molecule has 1 aromatic carbocycles. The molecule has 188 valence electrons. The van der Waals surface area contributed by atoms with Crippen molar-refractivity contribution in [3.63, 3.8) is 0 Å². The zero-order valence-corrected chi connectivity index (χ0v) is 19.6. The second kappa shape index (κ2) is 8.65. The van der Waals surface area contributed by atoms with Crippen molar-refractivity contribution in [2.24, 2.45) is 11.3 Å². The number of aliphatic hydroxyl groups excluding tert-OH is 1. The van der Waals surface area contributed by atoms with E-state index in [4.69, 9.17) is 4.74 Å². The van der Waals surface area contributed by atoms with Gasteiger partial charge in [0.2, 0.25) is 0 Å². The molecule has 5 rings (SSSR count). The van der Waals surface area contributed by atoms with Gasteiger partial charge in [-0.05, 0) is 55.7 Å².